The summed E-state index contributed by atoms with van der Waals surface area (Å²) in [6.07, 6.45) is 2.00. The molecule has 0 unspecified atom stereocenters. The van der Waals surface area contributed by atoms with E-state index in [1.807, 2.05) is 152 Å². The molecular formula is C65H72N4O9S2. The fourth-order valence-corrected chi connectivity index (χ4v) is 13.0. The van der Waals surface area contributed by atoms with E-state index in [0.717, 1.165) is 45.4 Å². The highest BCUT2D eigenvalue weighted by molar-refractivity contribution is 8.00. The number of ether oxygens (including phenoxy) is 2. The zero-order chi connectivity index (χ0) is 57.2. The zero-order valence-electron chi connectivity index (χ0n) is 46.0. The van der Waals surface area contributed by atoms with E-state index in [4.69, 9.17) is 9.47 Å². The average molecular weight is 1120 g/mol. The number of hydrogen-bond acceptors (Lipinski definition) is 11. The Bertz CT molecular complexity index is 2820. The first-order valence-corrected chi connectivity index (χ1v) is 28.9. The van der Waals surface area contributed by atoms with Crippen LogP contribution >= 0.6 is 23.5 Å². The number of allylic oxidation sites excluding steroid dienone is 1. The second-order valence-electron chi connectivity index (χ2n) is 20.8. The first kappa shape index (κ1) is 60.2. The number of nitrogens with zero attached hydrogens (tertiary/aromatic N) is 1. The Balaban J connectivity index is 1.13. The molecule has 0 radical (unpaired) electrons. The third-order valence-electron chi connectivity index (χ3n) is 14.0. The maximum atomic E-state index is 15.0. The van der Waals surface area contributed by atoms with Crippen molar-refractivity contribution >= 4 is 59.2 Å². The number of aliphatic hydroxyl groups is 1. The Labute approximate surface area is 478 Å². The van der Waals surface area contributed by atoms with Crippen molar-refractivity contribution in [2.24, 2.45) is 0 Å². The molecule has 15 heteroatoms. The summed E-state index contributed by atoms with van der Waals surface area (Å²) in [5.41, 5.74) is 3.76. The number of nitrogens with one attached hydrogen (secondary N) is 3. The largest absolute Gasteiger partial charge is 0.460 e. The minimum absolute atomic E-state index is 0.0644. The molecule has 6 aromatic rings. The molecule has 0 spiro atoms. The number of esters is 1. The van der Waals surface area contributed by atoms with Gasteiger partial charge in [0.1, 0.15) is 23.2 Å². The molecule has 4 N–H and O–H groups in total. The fraction of sp³-hybridized carbons (Fsp3) is 0.323. The van der Waals surface area contributed by atoms with Gasteiger partial charge in [0.25, 0.3) is 5.91 Å². The Morgan fingerprint density at radius 1 is 0.625 bits per heavy atom. The van der Waals surface area contributed by atoms with Crippen LogP contribution in [0.3, 0.4) is 0 Å². The molecule has 3 atom stereocenters. The Hall–Kier alpha value is -7.46. The second-order valence-corrected chi connectivity index (χ2v) is 23.3. The number of carbonyl (C=O) groups excluding carboxylic acids is 6. The number of hydrogen-bond donors (Lipinski definition) is 4. The van der Waals surface area contributed by atoms with Crippen LogP contribution in [0.15, 0.2) is 194 Å². The van der Waals surface area contributed by atoms with E-state index in [1.165, 1.54) is 18.8 Å². The number of imide groups is 1. The molecule has 0 heterocycles. The lowest BCUT2D eigenvalue weighted by atomic mass is 9.75. The summed E-state index contributed by atoms with van der Waals surface area (Å²) in [7, 11) is 2.44. The normalized spacial score (nSPS) is 14.3. The average Bonchev–Trinajstić information content (AvgIpc) is 3.51. The summed E-state index contributed by atoms with van der Waals surface area (Å²) in [6.45, 7) is 5.17. The number of likely N-dealkylation sites (N-methyl/N-ethyl adjacent to an activating group) is 1. The SMILES string of the molecule is COC(=O)N(C)C(=O)C1(NC(=O)[C@@H](CSC(c2ccccc2)(c2ccccc2)c2ccccc2)NC(=O)[C@@H](CCC(=O)OC(C)(C)C)NC(=O)C[C@H](O)C=CCCSC(c2ccccc2)(c2ccccc2)c2ccccc2)CCC1. The fourth-order valence-electron chi connectivity index (χ4n) is 9.96. The molecule has 0 saturated heterocycles. The van der Waals surface area contributed by atoms with Crippen LogP contribution in [0.1, 0.15) is 99.1 Å². The van der Waals surface area contributed by atoms with Crippen molar-refractivity contribution in [1.82, 2.24) is 20.9 Å². The van der Waals surface area contributed by atoms with E-state index < -0.39 is 80.9 Å². The van der Waals surface area contributed by atoms with Gasteiger partial charge in [-0.1, -0.05) is 194 Å². The minimum atomic E-state index is -1.47. The summed E-state index contributed by atoms with van der Waals surface area (Å²) >= 11 is 3.17. The van der Waals surface area contributed by atoms with Crippen molar-refractivity contribution in [3.63, 3.8) is 0 Å². The van der Waals surface area contributed by atoms with Gasteiger partial charge in [-0.3, -0.25) is 24.0 Å². The first-order chi connectivity index (χ1) is 38.5. The maximum Gasteiger partial charge on any atom is 0.416 e. The Morgan fingerprint density at radius 3 is 1.44 bits per heavy atom. The third-order valence-corrected chi connectivity index (χ3v) is 17.2. The van der Waals surface area contributed by atoms with Crippen LogP contribution in [0, 0.1) is 0 Å². The van der Waals surface area contributed by atoms with Gasteiger partial charge in [0.15, 0.2) is 0 Å². The molecule has 5 amide bonds. The molecule has 418 valence electrons. The van der Waals surface area contributed by atoms with E-state index in [0.29, 0.717) is 18.6 Å². The molecule has 1 aliphatic carbocycles. The molecule has 13 nitrogen and oxygen atoms in total. The zero-order valence-corrected chi connectivity index (χ0v) is 47.7. The van der Waals surface area contributed by atoms with Gasteiger partial charge < -0.3 is 30.5 Å². The lowest BCUT2D eigenvalue weighted by Gasteiger charge is -2.43. The first-order valence-electron chi connectivity index (χ1n) is 27.0. The van der Waals surface area contributed by atoms with Crippen LogP contribution in [0.5, 0.6) is 0 Å². The third kappa shape index (κ3) is 15.1. The van der Waals surface area contributed by atoms with Crippen molar-refractivity contribution in [3.8, 4) is 0 Å². The van der Waals surface area contributed by atoms with E-state index in [1.54, 1.807) is 38.6 Å². The Kier molecular flexibility index (Phi) is 21.1. The summed E-state index contributed by atoms with van der Waals surface area (Å²) < 4.78 is 8.96. The monoisotopic (exact) mass is 1120 g/mol. The predicted molar refractivity (Wildman–Crippen MR) is 317 cm³/mol. The van der Waals surface area contributed by atoms with Gasteiger partial charge in [-0.15, -0.1) is 23.5 Å². The van der Waals surface area contributed by atoms with Gasteiger partial charge in [0.05, 0.1) is 29.1 Å². The van der Waals surface area contributed by atoms with Crippen LogP contribution in [0.4, 0.5) is 4.79 Å². The van der Waals surface area contributed by atoms with Crippen molar-refractivity contribution in [2.75, 3.05) is 25.7 Å². The van der Waals surface area contributed by atoms with Crippen LogP contribution in [0.25, 0.3) is 0 Å². The molecule has 0 aromatic heterocycles. The maximum absolute atomic E-state index is 15.0. The molecule has 0 bridgehead atoms. The number of aliphatic hydroxyl groups excluding tert-OH is 1. The highest BCUT2D eigenvalue weighted by Gasteiger charge is 2.50. The van der Waals surface area contributed by atoms with E-state index in [-0.39, 0.29) is 31.4 Å². The Morgan fingerprint density at radius 2 is 1.05 bits per heavy atom. The van der Waals surface area contributed by atoms with Gasteiger partial charge in [-0.2, -0.15) is 0 Å². The molecule has 6 aromatic carbocycles. The molecule has 1 fully saturated rings. The summed E-state index contributed by atoms with van der Waals surface area (Å²) in [5, 5.41) is 19.9. The van der Waals surface area contributed by atoms with E-state index in [2.05, 4.69) is 52.3 Å². The highest BCUT2D eigenvalue weighted by Crippen LogP contribution is 2.50. The van der Waals surface area contributed by atoms with E-state index in [9.17, 15) is 33.9 Å². The van der Waals surface area contributed by atoms with Gasteiger partial charge in [0.2, 0.25) is 17.7 Å². The summed E-state index contributed by atoms with van der Waals surface area (Å²) in [4.78, 5) is 84.4. The summed E-state index contributed by atoms with van der Waals surface area (Å²) in [6, 6.07) is 57.7. The quantitative estimate of drug-likeness (QED) is 0.0185. The molecule has 7 rings (SSSR count). The summed E-state index contributed by atoms with van der Waals surface area (Å²) in [5.74, 6) is -2.83. The number of amides is 5. The van der Waals surface area contributed by atoms with Crippen molar-refractivity contribution in [3.05, 3.63) is 228 Å². The number of rotatable bonds is 25. The van der Waals surface area contributed by atoms with Gasteiger partial charge in [0, 0.05) is 19.2 Å². The highest BCUT2D eigenvalue weighted by atomic mass is 32.2. The second kappa shape index (κ2) is 28.1. The molecule has 1 saturated carbocycles. The molecule has 1 aliphatic rings. The number of methoxy groups -OCH3 is 1. The van der Waals surface area contributed by atoms with Crippen LogP contribution in [0.2, 0.25) is 0 Å². The van der Waals surface area contributed by atoms with Crippen molar-refractivity contribution in [2.45, 2.75) is 105 Å². The van der Waals surface area contributed by atoms with Gasteiger partial charge in [-0.05, 0) is 92.0 Å². The van der Waals surface area contributed by atoms with Crippen molar-refractivity contribution in [1.29, 1.82) is 0 Å². The topological polar surface area (TPSA) is 180 Å². The van der Waals surface area contributed by atoms with Gasteiger partial charge in [-0.25, -0.2) is 9.69 Å². The molecule has 80 heavy (non-hydrogen) atoms. The van der Waals surface area contributed by atoms with Crippen LogP contribution < -0.4 is 16.0 Å². The number of thioether (sulfide) groups is 2. The van der Waals surface area contributed by atoms with E-state index >= 15 is 0 Å². The number of benzene rings is 6. The smallest absolute Gasteiger partial charge is 0.416 e. The lowest BCUT2D eigenvalue weighted by Crippen LogP contribution is -2.66. The predicted octanol–water partition coefficient (Wildman–Crippen LogP) is 10.5. The standard InChI is InChI=1S/C65H72N4O9S2/c1-62(2,3)78-57(72)41-40-54(66-56(71)45-53(70)39-24-25-44-79-64(47-27-12-6-13-28-47,48-29-14-7-15-30-48)49-31-16-8-17-32-49)58(73)67-55(59(74)68-63(42-26-43-63)60(75)69(4)61(76)77-5)46-80-65(50-33-18-9-19-34-50,51-35-20-10-21-36-51)52-37-22-11-23-38-52/h6-24,27-39,53-55,70H,25-26,40-46H2,1-5H3,(H,66,71)(H,67,73)(H,68,74)/t53-,54-,55-/m1/s1. The lowest BCUT2D eigenvalue weighted by molar-refractivity contribution is -0.155. The minimum Gasteiger partial charge on any atom is -0.460 e. The van der Waals surface area contributed by atoms with Crippen molar-refractivity contribution < 1.29 is 43.3 Å². The molecule has 0 aliphatic heterocycles. The van der Waals surface area contributed by atoms with Gasteiger partial charge >= 0.3 is 12.1 Å². The number of carbonyl (C=O) groups is 6. The molecular weight excluding hydrogens is 1040 g/mol. The van der Waals surface area contributed by atoms with Crippen LogP contribution in [-0.2, 0) is 42.9 Å². The van der Waals surface area contributed by atoms with Crippen LogP contribution in [-0.4, -0.2) is 101 Å².